The van der Waals surface area contributed by atoms with Crippen molar-refractivity contribution in [3.63, 3.8) is 0 Å². The summed E-state index contributed by atoms with van der Waals surface area (Å²) in [4.78, 5) is 11.8. The fraction of sp³-hybridized carbons (Fsp3) is 0.133. The average molecular weight is 363 g/mol. The molecule has 3 nitrogen and oxygen atoms in total. The van der Waals surface area contributed by atoms with Crippen molar-refractivity contribution in [2.75, 3.05) is 17.2 Å². The van der Waals surface area contributed by atoms with E-state index in [1.54, 1.807) is 24.3 Å². The molecule has 0 aliphatic rings. The lowest BCUT2D eigenvalue weighted by Crippen LogP contribution is -2.22. The lowest BCUT2D eigenvalue weighted by molar-refractivity contribution is -0.137. The molecule has 0 aromatic heterocycles. The molecule has 0 saturated heterocycles. The molecule has 8 heteroatoms. The maximum atomic E-state index is 12.7. The zero-order valence-corrected chi connectivity index (χ0v) is 13.1. The van der Waals surface area contributed by atoms with Crippen LogP contribution in [0.4, 0.5) is 24.5 Å². The fourth-order valence-electron chi connectivity index (χ4n) is 1.81. The highest BCUT2D eigenvalue weighted by atomic mass is 35.5. The number of benzene rings is 2. The van der Waals surface area contributed by atoms with Crippen LogP contribution in [0.1, 0.15) is 5.56 Å². The molecule has 0 bridgehead atoms. The largest absolute Gasteiger partial charge is 0.417 e. The molecule has 0 atom stereocenters. The Hall–Kier alpha value is -1.92. The van der Waals surface area contributed by atoms with Crippen LogP contribution in [-0.4, -0.2) is 12.5 Å². The standard InChI is InChI=1S/C15H11Cl2F3N2O/c16-9-2-1-3-11(6-9)22-14(23)8-21-10-4-5-13(17)12(7-10)15(18,19)20/h1-7,21H,8H2,(H,22,23). The molecule has 122 valence electrons. The van der Waals surface area contributed by atoms with Crippen LogP contribution in [0.3, 0.4) is 0 Å². The van der Waals surface area contributed by atoms with Gasteiger partial charge in [-0.1, -0.05) is 29.3 Å². The van der Waals surface area contributed by atoms with Crippen LogP contribution < -0.4 is 10.6 Å². The molecule has 0 saturated carbocycles. The minimum Gasteiger partial charge on any atom is -0.376 e. The number of amides is 1. The van der Waals surface area contributed by atoms with Crippen molar-refractivity contribution in [1.82, 2.24) is 0 Å². The highest BCUT2D eigenvalue weighted by Gasteiger charge is 2.33. The monoisotopic (exact) mass is 362 g/mol. The molecule has 2 aromatic rings. The maximum Gasteiger partial charge on any atom is 0.417 e. The molecular weight excluding hydrogens is 352 g/mol. The van der Waals surface area contributed by atoms with Crippen molar-refractivity contribution in [3.8, 4) is 0 Å². The Morgan fingerprint density at radius 1 is 1.04 bits per heavy atom. The molecule has 0 aliphatic carbocycles. The predicted octanol–water partition coefficient (Wildman–Crippen LogP) is 5.06. The number of nitrogens with one attached hydrogen (secondary N) is 2. The molecule has 0 heterocycles. The van der Waals surface area contributed by atoms with E-state index in [1.807, 2.05) is 0 Å². The summed E-state index contributed by atoms with van der Waals surface area (Å²) >= 11 is 11.3. The number of rotatable bonds is 4. The first kappa shape index (κ1) is 17.4. The van der Waals surface area contributed by atoms with Gasteiger partial charge in [-0.2, -0.15) is 13.2 Å². The molecule has 2 rings (SSSR count). The van der Waals surface area contributed by atoms with E-state index in [0.29, 0.717) is 10.7 Å². The van der Waals surface area contributed by atoms with Crippen molar-refractivity contribution >= 4 is 40.5 Å². The van der Waals surface area contributed by atoms with E-state index in [1.165, 1.54) is 6.07 Å². The summed E-state index contributed by atoms with van der Waals surface area (Å²) in [6.07, 6.45) is -4.56. The summed E-state index contributed by atoms with van der Waals surface area (Å²) in [5.74, 6) is -0.421. The van der Waals surface area contributed by atoms with Gasteiger partial charge in [-0.3, -0.25) is 4.79 Å². The SMILES string of the molecule is O=C(CNc1ccc(Cl)c(C(F)(F)F)c1)Nc1cccc(Cl)c1. The highest BCUT2D eigenvalue weighted by Crippen LogP contribution is 2.36. The van der Waals surface area contributed by atoms with Crippen LogP contribution in [0.5, 0.6) is 0 Å². The van der Waals surface area contributed by atoms with E-state index < -0.39 is 22.7 Å². The van der Waals surface area contributed by atoms with Gasteiger partial charge in [0.05, 0.1) is 17.1 Å². The Balaban J connectivity index is 1.99. The lowest BCUT2D eigenvalue weighted by atomic mass is 10.2. The molecule has 0 spiro atoms. The van der Waals surface area contributed by atoms with Gasteiger partial charge in [-0.05, 0) is 36.4 Å². The molecule has 2 N–H and O–H groups in total. The van der Waals surface area contributed by atoms with Crippen LogP contribution >= 0.6 is 23.2 Å². The third kappa shape index (κ3) is 5.04. The zero-order chi connectivity index (χ0) is 17.0. The minimum atomic E-state index is -4.56. The number of carbonyl (C=O) groups is 1. The minimum absolute atomic E-state index is 0.142. The second kappa shape index (κ2) is 7.10. The summed E-state index contributed by atoms with van der Waals surface area (Å²) in [7, 11) is 0. The maximum absolute atomic E-state index is 12.7. The van der Waals surface area contributed by atoms with E-state index in [2.05, 4.69) is 10.6 Å². The van der Waals surface area contributed by atoms with Crippen LogP contribution in [0.2, 0.25) is 10.0 Å². The number of carbonyl (C=O) groups excluding carboxylic acids is 1. The Kier molecular flexibility index (Phi) is 5.38. The number of hydrogen-bond donors (Lipinski definition) is 2. The van der Waals surface area contributed by atoms with Gasteiger partial charge in [-0.25, -0.2) is 0 Å². The van der Waals surface area contributed by atoms with Crippen LogP contribution in [-0.2, 0) is 11.0 Å². The summed E-state index contributed by atoms with van der Waals surface area (Å²) in [6, 6.07) is 9.88. The molecule has 0 radical (unpaired) electrons. The second-order valence-corrected chi connectivity index (χ2v) is 5.45. The predicted molar refractivity (Wildman–Crippen MR) is 85.0 cm³/mol. The summed E-state index contributed by atoms with van der Waals surface area (Å²) in [6.45, 7) is -0.203. The molecule has 2 aromatic carbocycles. The van der Waals surface area contributed by atoms with Crippen LogP contribution in [0, 0.1) is 0 Å². The first-order valence-corrected chi connectivity index (χ1v) is 7.17. The van der Waals surface area contributed by atoms with E-state index in [4.69, 9.17) is 23.2 Å². The molecule has 0 unspecified atom stereocenters. The van der Waals surface area contributed by atoms with E-state index in [9.17, 15) is 18.0 Å². The molecule has 23 heavy (non-hydrogen) atoms. The Morgan fingerprint density at radius 3 is 2.43 bits per heavy atom. The number of alkyl halides is 3. The number of halogens is 5. The van der Waals surface area contributed by atoms with Crippen molar-refractivity contribution < 1.29 is 18.0 Å². The van der Waals surface area contributed by atoms with Gasteiger partial charge < -0.3 is 10.6 Å². The number of anilines is 2. The van der Waals surface area contributed by atoms with Gasteiger partial charge in [0, 0.05) is 16.4 Å². The topological polar surface area (TPSA) is 41.1 Å². The smallest absolute Gasteiger partial charge is 0.376 e. The van der Waals surface area contributed by atoms with E-state index >= 15 is 0 Å². The third-order valence-electron chi connectivity index (χ3n) is 2.83. The van der Waals surface area contributed by atoms with Crippen LogP contribution in [0.15, 0.2) is 42.5 Å². The van der Waals surface area contributed by atoms with Gasteiger partial charge in [-0.15, -0.1) is 0 Å². The third-order valence-corrected chi connectivity index (χ3v) is 3.40. The lowest BCUT2D eigenvalue weighted by Gasteiger charge is -2.12. The van der Waals surface area contributed by atoms with Gasteiger partial charge in [0.25, 0.3) is 0 Å². The summed E-state index contributed by atoms with van der Waals surface area (Å²) < 4.78 is 38.2. The van der Waals surface area contributed by atoms with Crippen molar-refractivity contribution in [1.29, 1.82) is 0 Å². The van der Waals surface area contributed by atoms with Gasteiger partial charge >= 0.3 is 6.18 Å². The molecular formula is C15H11Cl2F3N2O. The molecule has 0 aliphatic heterocycles. The first-order valence-electron chi connectivity index (χ1n) is 6.42. The average Bonchev–Trinajstić information content (AvgIpc) is 2.45. The normalized spacial score (nSPS) is 11.2. The fourth-order valence-corrected chi connectivity index (χ4v) is 2.22. The number of hydrogen-bond acceptors (Lipinski definition) is 2. The Labute approximate surface area is 140 Å². The quantitative estimate of drug-likeness (QED) is 0.797. The van der Waals surface area contributed by atoms with Crippen molar-refractivity contribution in [3.05, 3.63) is 58.1 Å². The molecule has 1 amide bonds. The van der Waals surface area contributed by atoms with E-state index in [-0.39, 0.29) is 12.2 Å². The van der Waals surface area contributed by atoms with E-state index in [0.717, 1.165) is 12.1 Å². The van der Waals surface area contributed by atoms with Gasteiger partial charge in [0.2, 0.25) is 5.91 Å². The van der Waals surface area contributed by atoms with Crippen LogP contribution in [0.25, 0.3) is 0 Å². The summed E-state index contributed by atoms with van der Waals surface area (Å²) in [5, 5.41) is 5.25. The van der Waals surface area contributed by atoms with Crippen molar-refractivity contribution in [2.45, 2.75) is 6.18 Å². The van der Waals surface area contributed by atoms with Crippen molar-refractivity contribution in [2.24, 2.45) is 0 Å². The summed E-state index contributed by atoms with van der Waals surface area (Å²) in [5.41, 5.74) is -0.321. The van der Waals surface area contributed by atoms with Gasteiger partial charge in [0.15, 0.2) is 0 Å². The Bertz CT molecular complexity index is 720. The van der Waals surface area contributed by atoms with Gasteiger partial charge in [0.1, 0.15) is 0 Å². The first-order chi connectivity index (χ1) is 10.8. The Morgan fingerprint density at radius 2 is 1.78 bits per heavy atom. The highest BCUT2D eigenvalue weighted by molar-refractivity contribution is 6.31. The zero-order valence-electron chi connectivity index (χ0n) is 11.5. The molecule has 0 fully saturated rings. The second-order valence-electron chi connectivity index (χ2n) is 4.60.